The fourth-order valence-corrected chi connectivity index (χ4v) is 2.56. The molecule has 0 unspecified atom stereocenters. The van der Waals surface area contributed by atoms with E-state index < -0.39 is 0 Å². The first-order chi connectivity index (χ1) is 10.6. The fourth-order valence-electron chi connectivity index (χ4n) is 2.56. The molecule has 1 aliphatic rings. The van der Waals surface area contributed by atoms with Gasteiger partial charge in [0.25, 0.3) is 0 Å². The van der Waals surface area contributed by atoms with E-state index in [2.05, 4.69) is 27.2 Å². The van der Waals surface area contributed by atoms with Crippen LogP contribution >= 0.6 is 0 Å². The molecule has 0 amide bonds. The first-order valence-electron chi connectivity index (χ1n) is 7.22. The van der Waals surface area contributed by atoms with Gasteiger partial charge in [-0.25, -0.2) is 4.39 Å². The van der Waals surface area contributed by atoms with Crippen LogP contribution < -0.4 is 4.90 Å². The van der Waals surface area contributed by atoms with Gasteiger partial charge >= 0.3 is 0 Å². The third-order valence-corrected chi connectivity index (χ3v) is 3.85. The van der Waals surface area contributed by atoms with Gasteiger partial charge in [0.15, 0.2) is 17.3 Å². The lowest BCUT2D eigenvalue weighted by Crippen LogP contribution is -2.45. The van der Waals surface area contributed by atoms with Crippen molar-refractivity contribution in [2.75, 3.05) is 38.1 Å². The van der Waals surface area contributed by atoms with Gasteiger partial charge in [-0.2, -0.15) is 4.68 Å². The number of anilines is 1. The number of carbonyl (C=O) groups is 1. The number of Topliss-reactive ketones (excluding diaryl/α,β-unsaturated/α-hetero) is 1. The molecule has 0 atom stereocenters. The molecule has 0 radical (unpaired) electrons. The summed E-state index contributed by atoms with van der Waals surface area (Å²) >= 11 is 0. The van der Waals surface area contributed by atoms with Gasteiger partial charge in [0, 0.05) is 33.1 Å². The Morgan fingerprint density at radius 2 is 1.77 bits per heavy atom. The summed E-state index contributed by atoms with van der Waals surface area (Å²) in [4.78, 5) is 16.2. The second-order valence-electron chi connectivity index (χ2n) is 5.50. The van der Waals surface area contributed by atoms with E-state index in [1.165, 1.54) is 19.1 Å². The maximum Gasteiger partial charge on any atom is 0.183 e. The minimum atomic E-state index is -0.309. The lowest BCUT2D eigenvalue weighted by molar-refractivity contribution is 0.101. The van der Waals surface area contributed by atoms with Gasteiger partial charge in [0.05, 0.1) is 5.69 Å². The largest absolute Gasteiger partial charge is 0.352 e. The predicted molar refractivity (Wildman–Crippen MR) is 81.0 cm³/mol. The summed E-state index contributed by atoms with van der Waals surface area (Å²) in [6.45, 7) is 4.90. The van der Waals surface area contributed by atoms with Gasteiger partial charge in [-0.3, -0.25) is 4.79 Å². The molecule has 22 heavy (non-hydrogen) atoms. The van der Waals surface area contributed by atoms with E-state index in [1.807, 2.05) is 0 Å². The normalized spacial score (nSPS) is 16.0. The van der Waals surface area contributed by atoms with Crippen molar-refractivity contribution in [2.45, 2.75) is 6.92 Å². The number of nitrogens with zero attached hydrogens (tertiary/aromatic N) is 5. The van der Waals surface area contributed by atoms with Gasteiger partial charge in [-0.15, -0.1) is 5.10 Å². The van der Waals surface area contributed by atoms with E-state index in [0.717, 1.165) is 26.2 Å². The number of rotatable bonds is 3. The molecule has 2 aromatic rings. The molecule has 0 saturated carbocycles. The van der Waals surface area contributed by atoms with Crippen LogP contribution in [-0.4, -0.2) is 58.9 Å². The molecular weight excluding hydrogens is 285 g/mol. The lowest BCUT2D eigenvalue weighted by atomic mass is 10.2. The van der Waals surface area contributed by atoms with E-state index in [9.17, 15) is 9.18 Å². The summed E-state index contributed by atoms with van der Waals surface area (Å²) in [5.41, 5.74) is 1.05. The zero-order chi connectivity index (χ0) is 15.7. The molecule has 0 spiro atoms. The summed E-state index contributed by atoms with van der Waals surface area (Å²) in [5, 5.41) is 8.12. The van der Waals surface area contributed by atoms with Crippen LogP contribution in [0, 0.1) is 5.82 Å². The Balaban J connectivity index is 2.03. The van der Waals surface area contributed by atoms with Gasteiger partial charge in [0.1, 0.15) is 5.82 Å². The maximum atomic E-state index is 13.1. The Bertz CT molecular complexity index is 674. The lowest BCUT2D eigenvalue weighted by Gasteiger charge is -2.34. The van der Waals surface area contributed by atoms with Crippen molar-refractivity contribution >= 4 is 11.6 Å². The molecule has 116 valence electrons. The average Bonchev–Trinajstić information content (AvgIpc) is 2.94. The van der Waals surface area contributed by atoms with Crippen LogP contribution in [0.2, 0.25) is 0 Å². The number of ketones is 1. The van der Waals surface area contributed by atoms with Gasteiger partial charge in [-0.05, 0) is 31.3 Å². The number of halogens is 1. The second-order valence-corrected chi connectivity index (χ2v) is 5.50. The van der Waals surface area contributed by atoms with Crippen molar-refractivity contribution in [3.05, 3.63) is 35.8 Å². The summed E-state index contributed by atoms with van der Waals surface area (Å²) in [6.07, 6.45) is 0. The van der Waals surface area contributed by atoms with Crippen LogP contribution in [0.4, 0.5) is 10.2 Å². The van der Waals surface area contributed by atoms with Crippen molar-refractivity contribution in [2.24, 2.45) is 0 Å². The van der Waals surface area contributed by atoms with Gasteiger partial charge in [0.2, 0.25) is 0 Å². The van der Waals surface area contributed by atoms with Crippen molar-refractivity contribution in [3.63, 3.8) is 0 Å². The van der Waals surface area contributed by atoms with Crippen LogP contribution in [0.25, 0.3) is 5.69 Å². The number of hydrogen-bond donors (Lipinski definition) is 0. The third kappa shape index (κ3) is 2.71. The Labute approximate surface area is 128 Å². The average molecular weight is 303 g/mol. The molecular formula is C15H18FN5O. The predicted octanol–water partition coefficient (Wildman–Crippen LogP) is 1.36. The summed E-state index contributed by atoms with van der Waals surface area (Å²) < 4.78 is 14.7. The van der Waals surface area contributed by atoms with Crippen LogP contribution in [0.15, 0.2) is 24.3 Å². The number of benzene rings is 1. The van der Waals surface area contributed by atoms with Gasteiger partial charge < -0.3 is 9.80 Å². The molecule has 1 aromatic heterocycles. The monoisotopic (exact) mass is 303 g/mol. The minimum Gasteiger partial charge on any atom is -0.352 e. The second kappa shape index (κ2) is 5.84. The topological polar surface area (TPSA) is 54.3 Å². The Morgan fingerprint density at radius 1 is 1.14 bits per heavy atom. The molecule has 0 N–H and O–H groups in total. The maximum absolute atomic E-state index is 13.1. The smallest absolute Gasteiger partial charge is 0.183 e. The Hall–Kier alpha value is -2.28. The van der Waals surface area contributed by atoms with Gasteiger partial charge in [-0.1, -0.05) is 5.21 Å². The zero-order valence-electron chi connectivity index (χ0n) is 12.7. The van der Waals surface area contributed by atoms with Crippen LogP contribution in [0.5, 0.6) is 0 Å². The quantitative estimate of drug-likeness (QED) is 0.802. The molecule has 1 fully saturated rings. The number of hydrogen-bond acceptors (Lipinski definition) is 5. The molecule has 3 rings (SSSR count). The molecule has 1 aliphatic heterocycles. The van der Waals surface area contributed by atoms with E-state index in [4.69, 9.17) is 0 Å². The van der Waals surface area contributed by atoms with E-state index in [0.29, 0.717) is 17.2 Å². The van der Waals surface area contributed by atoms with Crippen LogP contribution in [0.3, 0.4) is 0 Å². The number of likely N-dealkylation sites (N-methyl/N-ethyl adjacent to an activating group) is 1. The molecule has 0 bridgehead atoms. The van der Waals surface area contributed by atoms with Crippen LogP contribution in [-0.2, 0) is 0 Å². The highest BCUT2D eigenvalue weighted by atomic mass is 19.1. The third-order valence-electron chi connectivity index (χ3n) is 3.85. The van der Waals surface area contributed by atoms with Crippen LogP contribution in [0.1, 0.15) is 17.4 Å². The standard InChI is InChI=1S/C15H18FN5O/c1-11(22)14-15(20-9-7-19(2)8-10-20)21(18-17-14)13-5-3-12(16)4-6-13/h3-6H,7-10H2,1-2H3. The molecule has 1 saturated heterocycles. The zero-order valence-corrected chi connectivity index (χ0v) is 12.7. The highest BCUT2D eigenvalue weighted by molar-refractivity contribution is 5.97. The van der Waals surface area contributed by atoms with E-state index >= 15 is 0 Å². The van der Waals surface area contributed by atoms with Crippen molar-refractivity contribution in [1.82, 2.24) is 19.9 Å². The molecule has 2 heterocycles. The SMILES string of the molecule is CC(=O)c1nnn(-c2ccc(F)cc2)c1N1CCN(C)CC1. The van der Waals surface area contributed by atoms with Crippen molar-refractivity contribution in [1.29, 1.82) is 0 Å². The van der Waals surface area contributed by atoms with E-state index in [1.54, 1.807) is 16.8 Å². The minimum absolute atomic E-state index is 0.123. The van der Waals surface area contributed by atoms with Crippen molar-refractivity contribution < 1.29 is 9.18 Å². The van der Waals surface area contributed by atoms with Crippen molar-refractivity contribution in [3.8, 4) is 5.69 Å². The summed E-state index contributed by atoms with van der Waals surface area (Å²) in [5.74, 6) is 0.256. The van der Waals surface area contributed by atoms with E-state index in [-0.39, 0.29) is 11.6 Å². The first kappa shape index (κ1) is 14.6. The molecule has 6 nitrogen and oxygen atoms in total. The highest BCUT2D eigenvalue weighted by Gasteiger charge is 2.25. The highest BCUT2D eigenvalue weighted by Crippen LogP contribution is 2.24. The molecule has 1 aromatic carbocycles. The molecule has 7 heteroatoms. The number of carbonyl (C=O) groups excluding carboxylic acids is 1. The molecule has 0 aliphatic carbocycles. The number of aromatic nitrogens is 3. The first-order valence-corrected chi connectivity index (χ1v) is 7.22. The fraction of sp³-hybridized carbons (Fsp3) is 0.400. The summed E-state index contributed by atoms with van der Waals surface area (Å²) in [7, 11) is 2.07. The Morgan fingerprint density at radius 3 is 2.36 bits per heavy atom. The Kier molecular flexibility index (Phi) is 3.89. The summed E-state index contributed by atoms with van der Waals surface area (Å²) in [6, 6.07) is 6.01. The number of piperazine rings is 1.